The van der Waals surface area contributed by atoms with Gasteiger partial charge in [0.1, 0.15) is 0 Å². The molecule has 1 aliphatic carbocycles. The summed E-state index contributed by atoms with van der Waals surface area (Å²) in [6.45, 7) is 3.95. The maximum atomic E-state index is 11.8. The van der Waals surface area contributed by atoms with E-state index in [1.165, 1.54) is 19.1 Å². The molecule has 0 radical (unpaired) electrons. The molecular weight excluding hydrogens is 482 g/mol. The van der Waals surface area contributed by atoms with E-state index in [1.807, 2.05) is 26.1 Å². The van der Waals surface area contributed by atoms with Crippen molar-refractivity contribution in [3.63, 3.8) is 0 Å². The standard InChI is InChI=1S/C30H33N3O3S/c1-20-26-18-28(22-6-12-25(13-7-22)37(3,35)36)32(2)29(26)19-27(31-20)21-4-8-23(9-5-21)30(34)14-16-33(17-15-30)24-10-11-24/h4-9,12-13,18-19,24,34H,10-11,14-17H2,1-3H3. The van der Waals surface area contributed by atoms with Crippen LogP contribution >= 0.6 is 0 Å². The Hall–Kier alpha value is -3.00. The Labute approximate surface area is 218 Å². The molecule has 6 rings (SSSR count). The van der Waals surface area contributed by atoms with Gasteiger partial charge in [-0.15, -0.1) is 0 Å². The van der Waals surface area contributed by atoms with Crippen LogP contribution in [0.15, 0.2) is 65.6 Å². The number of hydrogen-bond donors (Lipinski definition) is 1. The first-order chi connectivity index (χ1) is 17.6. The van der Waals surface area contributed by atoms with Gasteiger partial charge in [-0.25, -0.2) is 8.42 Å². The van der Waals surface area contributed by atoms with Crippen LogP contribution in [0.25, 0.3) is 33.4 Å². The highest BCUT2D eigenvalue weighted by Gasteiger charge is 2.38. The third-order valence-electron chi connectivity index (χ3n) is 8.22. The molecule has 2 aromatic carbocycles. The first-order valence-electron chi connectivity index (χ1n) is 13.0. The molecule has 1 aliphatic heterocycles. The number of aromatic nitrogens is 2. The van der Waals surface area contributed by atoms with Crippen LogP contribution in [-0.2, 0) is 22.5 Å². The van der Waals surface area contributed by atoms with E-state index in [9.17, 15) is 13.5 Å². The largest absolute Gasteiger partial charge is 0.385 e. The molecule has 2 aliphatic rings. The molecule has 6 nitrogen and oxygen atoms in total. The molecule has 192 valence electrons. The molecule has 1 saturated carbocycles. The summed E-state index contributed by atoms with van der Waals surface area (Å²) in [4.78, 5) is 7.74. The highest BCUT2D eigenvalue weighted by Crippen LogP contribution is 2.38. The summed E-state index contributed by atoms with van der Waals surface area (Å²) in [6, 6.07) is 20.3. The van der Waals surface area contributed by atoms with Gasteiger partial charge in [0.05, 0.1) is 21.7 Å². The summed E-state index contributed by atoms with van der Waals surface area (Å²) in [5, 5.41) is 12.4. The number of aryl methyl sites for hydroxylation is 2. The first-order valence-corrected chi connectivity index (χ1v) is 14.9. The van der Waals surface area contributed by atoms with Crippen LogP contribution in [-0.4, -0.2) is 53.4 Å². The Balaban J connectivity index is 1.29. The number of sulfone groups is 1. The molecular formula is C30H33N3O3S. The van der Waals surface area contributed by atoms with E-state index >= 15 is 0 Å². The minimum atomic E-state index is -3.23. The number of pyridine rings is 1. The first kappa shape index (κ1) is 24.3. The van der Waals surface area contributed by atoms with Gasteiger partial charge in [0.25, 0.3) is 0 Å². The highest BCUT2D eigenvalue weighted by atomic mass is 32.2. The SMILES string of the molecule is Cc1nc(-c2ccc(C3(O)CCN(C4CC4)CC3)cc2)cc2c1cc(-c1ccc(S(C)(=O)=O)cc1)n2C. The zero-order valence-electron chi connectivity index (χ0n) is 21.6. The molecule has 1 N–H and O–H groups in total. The molecule has 4 aromatic rings. The monoisotopic (exact) mass is 515 g/mol. The molecule has 0 unspecified atom stereocenters. The molecule has 2 aromatic heterocycles. The molecule has 0 amide bonds. The van der Waals surface area contributed by atoms with Crippen molar-refractivity contribution in [2.45, 2.75) is 49.1 Å². The van der Waals surface area contributed by atoms with Gasteiger partial charge < -0.3 is 14.6 Å². The molecule has 7 heteroatoms. The summed E-state index contributed by atoms with van der Waals surface area (Å²) in [6.07, 6.45) is 5.40. The van der Waals surface area contributed by atoms with Gasteiger partial charge in [-0.1, -0.05) is 36.4 Å². The second-order valence-electron chi connectivity index (χ2n) is 10.8. The van der Waals surface area contributed by atoms with E-state index in [-0.39, 0.29) is 0 Å². The quantitative estimate of drug-likeness (QED) is 0.402. The maximum absolute atomic E-state index is 11.8. The number of rotatable bonds is 5. The lowest BCUT2D eigenvalue weighted by Crippen LogP contribution is -2.43. The topological polar surface area (TPSA) is 75.4 Å². The molecule has 0 bridgehead atoms. The lowest BCUT2D eigenvalue weighted by atomic mass is 9.84. The molecule has 0 atom stereocenters. The second-order valence-corrected chi connectivity index (χ2v) is 12.8. The van der Waals surface area contributed by atoms with Crippen LogP contribution < -0.4 is 0 Å². The average Bonchev–Trinajstić information content (AvgIpc) is 3.68. The van der Waals surface area contributed by atoms with E-state index in [0.717, 1.165) is 76.6 Å². The number of aliphatic hydroxyl groups is 1. The summed E-state index contributed by atoms with van der Waals surface area (Å²) >= 11 is 0. The van der Waals surface area contributed by atoms with Gasteiger partial charge in [-0.05, 0) is 68.0 Å². The third-order valence-corrected chi connectivity index (χ3v) is 9.34. The fraction of sp³-hybridized carbons (Fsp3) is 0.367. The predicted octanol–water partition coefficient (Wildman–Crippen LogP) is 5.07. The second kappa shape index (κ2) is 8.79. The molecule has 2 fully saturated rings. The van der Waals surface area contributed by atoms with Gasteiger partial charge in [0.15, 0.2) is 9.84 Å². The Kier molecular flexibility index (Phi) is 5.78. The van der Waals surface area contributed by atoms with Crippen LogP contribution in [0.3, 0.4) is 0 Å². The van der Waals surface area contributed by atoms with E-state index in [1.54, 1.807) is 12.1 Å². The van der Waals surface area contributed by atoms with E-state index in [0.29, 0.717) is 4.90 Å². The van der Waals surface area contributed by atoms with Crippen molar-refractivity contribution in [3.05, 3.63) is 71.9 Å². The number of piperidine rings is 1. The zero-order chi connectivity index (χ0) is 25.9. The summed E-state index contributed by atoms with van der Waals surface area (Å²) in [5.41, 5.74) is 6.13. The number of nitrogens with zero attached hydrogens (tertiary/aromatic N) is 3. The summed E-state index contributed by atoms with van der Waals surface area (Å²) < 4.78 is 25.8. The minimum Gasteiger partial charge on any atom is -0.385 e. The van der Waals surface area contributed by atoms with Crippen molar-refractivity contribution in [2.24, 2.45) is 7.05 Å². The maximum Gasteiger partial charge on any atom is 0.175 e. The van der Waals surface area contributed by atoms with Gasteiger partial charge in [0.2, 0.25) is 0 Å². The summed E-state index contributed by atoms with van der Waals surface area (Å²) in [7, 11) is -1.21. The Bertz CT molecular complexity index is 1580. The minimum absolute atomic E-state index is 0.316. The van der Waals surface area contributed by atoms with E-state index < -0.39 is 15.4 Å². The Morgan fingerprint density at radius 1 is 0.946 bits per heavy atom. The number of likely N-dealkylation sites (tertiary alicyclic amines) is 1. The molecule has 1 saturated heterocycles. The normalized spacial score (nSPS) is 18.4. The number of hydrogen-bond acceptors (Lipinski definition) is 5. The predicted molar refractivity (Wildman–Crippen MR) is 147 cm³/mol. The van der Waals surface area contributed by atoms with Crippen molar-refractivity contribution in [1.82, 2.24) is 14.5 Å². The molecule has 37 heavy (non-hydrogen) atoms. The lowest BCUT2D eigenvalue weighted by Gasteiger charge is -2.38. The van der Waals surface area contributed by atoms with Crippen molar-refractivity contribution in [2.75, 3.05) is 19.3 Å². The Morgan fingerprint density at radius 2 is 1.57 bits per heavy atom. The van der Waals surface area contributed by atoms with Crippen molar-refractivity contribution >= 4 is 20.7 Å². The highest BCUT2D eigenvalue weighted by molar-refractivity contribution is 7.90. The van der Waals surface area contributed by atoms with Crippen LogP contribution in [0, 0.1) is 6.92 Å². The average molecular weight is 516 g/mol. The van der Waals surface area contributed by atoms with Crippen molar-refractivity contribution in [3.8, 4) is 22.5 Å². The fourth-order valence-electron chi connectivity index (χ4n) is 5.72. The zero-order valence-corrected chi connectivity index (χ0v) is 22.4. The number of benzene rings is 2. The molecule has 3 heterocycles. The fourth-order valence-corrected chi connectivity index (χ4v) is 6.35. The lowest BCUT2D eigenvalue weighted by molar-refractivity contribution is -0.0277. The number of fused-ring (bicyclic) bond motifs is 1. The van der Waals surface area contributed by atoms with Gasteiger partial charge in [-0.2, -0.15) is 0 Å². The smallest absolute Gasteiger partial charge is 0.175 e. The Morgan fingerprint density at radius 3 is 2.16 bits per heavy atom. The summed E-state index contributed by atoms with van der Waals surface area (Å²) in [5.74, 6) is 0. The van der Waals surface area contributed by atoms with Crippen LogP contribution in [0.2, 0.25) is 0 Å². The van der Waals surface area contributed by atoms with E-state index in [2.05, 4.69) is 45.9 Å². The van der Waals surface area contributed by atoms with Crippen molar-refractivity contribution < 1.29 is 13.5 Å². The van der Waals surface area contributed by atoms with E-state index in [4.69, 9.17) is 4.98 Å². The van der Waals surface area contributed by atoms with Crippen LogP contribution in [0.1, 0.15) is 36.9 Å². The van der Waals surface area contributed by atoms with Gasteiger partial charge in [-0.3, -0.25) is 4.98 Å². The van der Waals surface area contributed by atoms with Crippen LogP contribution in [0.4, 0.5) is 0 Å². The van der Waals surface area contributed by atoms with Gasteiger partial charge in [0, 0.05) is 54.8 Å². The van der Waals surface area contributed by atoms with Gasteiger partial charge >= 0.3 is 0 Å². The third kappa shape index (κ3) is 4.49. The molecule has 0 spiro atoms. The van der Waals surface area contributed by atoms with Crippen LogP contribution in [0.5, 0.6) is 0 Å². The van der Waals surface area contributed by atoms with Crippen molar-refractivity contribution in [1.29, 1.82) is 0 Å².